The molecule has 5 N–H and O–H groups in total. The molecule has 150 valence electrons. The van der Waals surface area contributed by atoms with Crippen LogP contribution in [0.5, 0.6) is 0 Å². The number of unbranched alkanes of at least 4 members (excludes halogenated alkanes) is 11. The first-order chi connectivity index (χ1) is 12.6. The Hall–Kier alpha value is -0.230. The van der Waals surface area contributed by atoms with Crippen molar-refractivity contribution in [2.24, 2.45) is 5.73 Å². The number of phosphoric acid groups is 1. The van der Waals surface area contributed by atoms with E-state index in [2.05, 4.69) is 11.4 Å². The summed E-state index contributed by atoms with van der Waals surface area (Å²) in [6.45, 7) is -0.609. The second-order valence-corrected chi connectivity index (χ2v) is 7.63. The van der Waals surface area contributed by atoms with Gasteiger partial charge in [-0.1, -0.05) is 83.3 Å². The third kappa shape index (κ3) is 18.4. The van der Waals surface area contributed by atoms with Crippen molar-refractivity contribution in [2.45, 2.75) is 96.1 Å². The van der Waals surface area contributed by atoms with Crippen molar-refractivity contribution in [2.75, 3.05) is 6.56 Å². The quantitative estimate of drug-likeness (QED) is 0.130. The predicted octanol–water partition coefficient (Wildman–Crippen LogP) is 4.04. The fourth-order valence-electron chi connectivity index (χ4n) is 2.48. The average Bonchev–Trinajstić information content (AvgIpc) is 2.56. The number of nitrogens with two attached hydrogens (primary N) is 1. The summed E-state index contributed by atoms with van der Waals surface area (Å²) in [6, 6.07) is -1.60. The van der Waals surface area contributed by atoms with Crippen LogP contribution in [0.25, 0.3) is 0 Å². The number of hydrogen-bond donors (Lipinski definition) is 4. The lowest BCUT2D eigenvalue weighted by molar-refractivity contribution is 0.129. The van der Waals surface area contributed by atoms with Gasteiger partial charge in [-0.25, -0.2) is 4.57 Å². The molecule has 0 saturated heterocycles. The third-order valence-electron chi connectivity index (χ3n) is 3.98. The van der Waals surface area contributed by atoms with Crippen molar-refractivity contribution in [3.8, 4) is 0 Å². The Morgan fingerprint density at radius 3 is 2.00 bits per heavy atom. The maximum atomic E-state index is 10.7. The summed E-state index contributed by atoms with van der Waals surface area (Å²) in [5.74, 6) is 0. The summed E-state index contributed by atoms with van der Waals surface area (Å²) in [4.78, 5) is 17.4. The molecule has 0 aromatic rings. The van der Waals surface area contributed by atoms with E-state index in [4.69, 9.17) is 18.3 Å². The molecule has 0 aliphatic heterocycles. The van der Waals surface area contributed by atoms with E-state index in [9.17, 15) is 9.67 Å². The van der Waals surface area contributed by atoms with Gasteiger partial charge in [-0.2, -0.15) is 0 Å². The average molecular weight is 383 g/mol. The van der Waals surface area contributed by atoms with Gasteiger partial charge in [-0.3, -0.25) is 4.52 Å². The zero-order valence-corrected chi connectivity index (χ0v) is 16.4. The fourth-order valence-corrected chi connectivity index (χ4v) is 2.74. The summed E-state index contributed by atoms with van der Waals surface area (Å²) in [6.07, 6.45) is 16.2. The monoisotopic (exact) mass is 383 g/mol. The lowest BCUT2D eigenvalue weighted by Crippen LogP contribution is -2.37. The van der Waals surface area contributed by atoms with E-state index in [1.807, 2.05) is 0 Å². The van der Waals surface area contributed by atoms with Crippen LogP contribution in [0.15, 0.2) is 12.2 Å². The Morgan fingerprint density at radius 1 is 1.04 bits per heavy atom. The number of aliphatic hydroxyl groups is 1. The van der Waals surface area contributed by atoms with Crippen molar-refractivity contribution >= 4 is 7.82 Å². The normalized spacial score (nSPS) is 16.7. The van der Waals surface area contributed by atoms with E-state index in [-0.39, 0.29) is 0 Å². The number of hydrogen-bond acceptors (Lipinski definition) is 4. The van der Waals surface area contributed by atoms with Crippen LogP contribution in [0.2, 0.25) is 0 Å². The van der Waals surface area contributed by atoms with Gasteiger partial charge in [0.1, 0.15) is 0 Å². The molecule has 0 heterocycles. The second kappa shape index (κ2) is 16.0. The molecule has 0 bridgehead atoms. The Morgan fingerprint density at radius 2 is 1.52 bits per heavy atom. The van der Waals surface area contributed by atoms with Crippen LogP contribution in [0.4, 0.5) is 0 Å². The number of phosphoric ester groups is 1. The predicted molar refractivity (Wildman–Crippen MR) is 102 cm³/mol. The van der Waals surface area contributed by atoms with Crippen molar-refractivity contribution in [1.82, 2.24) is 0 Å². The van der Waals surface area contributed by atoms with Gasteiger partial charge in [-0.15, -0.1) is 0 Å². The molecule has 0 fully saturated rings. The highest BCUT2D eigenvalue weighted by Crippen LogP contribution is 2.35. The molecule has 0 unspecified atom stereocenters. The molecule has 0 spiro atoms. The summed E-state index contributed by atoms with van der Waals surface area (Å²) < 4.78 is 29.6. The molecule has 6 nitrogen and oxygen atoms in total. The van der Waals surface area contributed by atoms with Crippen molar-refractivity contribution in [3.05, 3.63) is 12.2 Å². The largest absolute Gasteiger partial charge is 0.469 e. The SMILES string of the molecule is [2H][13C]([2H])(OP(=O)(O)O)[13C@H](N)[C@H](O)C=CCCCCCCCCCCCCC. The minimum Gasteiger partial charge on any atom is -0.387 e. The first-order valence-corrected chi connectivity index (χ1v) is 11.0. The Labute approximate surface area is 155 Å². The summed E-state index contributed by atoms with van der Waals surface area (Å²) in [5.41, 5.74) is 5.50. The third-order valence-corrected chi connectivity index (χ3v) is 4.33. The van der Waals surface area contributed by atoms with Crippen LogP contribution in [0.3, 0.4) is 0 Å². The molecular formula is C18H38NO5P. The first-order valence-electron chi connectivity index (χ1n) is 10.5. The highest BCUT2D eigenvalue weighted by molar-refractivity contribution is 7.46. The van der Waals surface area contributed by atoms with Gasteiger partial charge in [0.05, 0.1) is 21.4 Å². The minimum atomic E-state index is -5.03. The molecule has 0 aromatic carbocycles. The second-order valence-electron chi connectivity index (χ2n) is 6.47. The molecule has 2 atom stereocenters. The van der Waals surface area contributed by atoms with Gasteiger partial charge in [0.2, 0.25) is 0 Å². The molecule has 25 heavy (non-hydrogen) atoms. The Balaban J connectivity index is 3.77. The lowest BCUT2D eigenvalue weighted by Gasteiger charge is -2.15. The Kier molecular flexibility index (Phi) is 13.5. The molecular weight excluding hydrogens is 343 g/mol. The highest BCUT2D eigenvalue weighted by atomic mass is 31.2. The van der Waals surface area contributed by atoms with Gasteiger partial charge < -0.3 is 20.6 Å². The topological polar surface area (TPSA) is 113 Å². The molecule has 7 heteroatoms. The maximum Gasteiger partial charge on any atom is 0.469 e. The van der Waals surface area contributed by atoms with E-state index < -0.39 is 26.5 Å². The Bertz CT molecular complexity index is 445. The van der Waals surface area contributed by atoms with Gasteiger partial charge in [0.25, 0.3) is 0 Å². The van der Waals surface area contributed by atoms with Crippen LogP contribution in [-0.2, 0) is 9.09 Å². The molecule has 0 aromatic heterocycles. The van der Waals surface area contributed by atoms with Crippen LogP contribution < -0.4 is 5.73 Å². The van der Waals surface area contributed by atoms with Crippen LogP contribution >= 0.6 is 7.82 Å². The molecule has 0 aliphatic carbocycles. The van der Waals surface area contributed by atoms with E-state index in [0.29, 0.717) is 0 Å². The summed E-state index contributed by atoms with van der Waals surface area (Å²) >= 11 is 0. The minimum absolute atomic E-state index is 0.739. The van der Waals surface area contributed by atoms with Gasteiger partial charge in [0.15, 0.2) is 0 Å². The zero-order valence-electron chi connectivity index (χ0n) is 17.5. The summed E-state index contributed by atoms with van der Waals surface area (Å²) in [5, 5.41) is 9.84. The van der Waals surface area contributed by atoms with Crippen LogP contribution in [0.1, 0.15) is 86.7 Å². The first kappa shape index (κ1) is 21.1. The molecule has 0 amide bonds. The number of rotatable bonds is 17. The van der Waals surface area contributed by atoms with Crippen LogP contribution in [-0.4, -0.2) is 33.6 Å². The van der Waals surface area contributed by atoms with E-state index >= 15 is 0 Å². The van der Waals surface area contributed by atoms with Gasteiger partial charge >= 0.3 is 7.82 Å². The van der Waals surface area contributed by atoms with E-state index in [0.717, 1.165) is 19.3 Å². The number of allylic oxidation sites excluding steroid dienone is 1. The molecule has 0 aliphatic rings. The molecule has 0 radical (unpaired) electrons. The smallest absolute Gasteiger partial charge is 0.387 e. The summed E-state index contributed by atoms with van der Waals surface area (Å²) in [7, 11) is -5.03. The molecule has 0 saturated carbocycles. The molecule has 0 rings (SSSR count). The van der Waals surface area contributed by atoms with Gasteiger partial charge in [0, 0.05) is 0 Å². The van der Waals surface area contributed by atoms with E-state index in [1.165, 1.54) is 63.9 Å². The van der Waals surface area contributed by atoms with Gasteiger partial charge in [-0.05, 0) is 12.8 Å². The van der Waals surface area contributed by atoms with Crippen molar-refractivity contribution in [3.63, 3.8) is 0 Å². The fraction of sp³-hybridized carbons (Fsp3) is 0.889. The van der Waals surface area contributed by atoms with Crippen molar-refractivity contribution in [1.29, 1.82) is 0 Å². The van der Waals surface area contributed by atoms with E-state index in [1.54, 1.807) is 6.08 Å². The lowest BCUT2D eigenvalue weighted by atomic mass is 10.1. The van der Waals surface area contributed by atoms with Crippen molar-refractivity contribution < 1.29 is 26.7 Å². The highest BCUT2D eigenvalue weighted by Gasteiger charge is 2.19. The standard InChI is InChI=1S/C18H38NO5P/c1-2-3-4-5-6-7-8-9-10-11-12-13-14-15-18(20)17(19)16-24-25(21,22)23/h14-15,17-18,20H,2-13,16,19H2,1H3,(H2,21,22,23)/t17-,18+/m0/s1/i16+1D2,17+1. The van der Waals surface area contributed by atoms with Crippen LogP contribution in [0, 0.1) is 0 Å². The number of aliphatic hydroxyl groups excluding tert-OH is 1. The maximum absolute atomic E-state index is 10.7. The zero-order chi connectivity index (χ0) is 20.8.